The number of nitrogens with two attached hydrogens (primary N) is 1. The van der Waals surface area contributed by atoms with Crippen molar-refractivity contribution in [3.63, 3.8) is 0 Å². The van der Waals surface area contributed by atoms with Crippen LogP contribution in [0.2, 0.25) is 0 Å². The number of nitrogens with zero attached hydrogens (tertiary/aromatic N) is 1. The first-order valence-corrected chi connectivity index (χ1v) is 5.20. The lowest BCUT2D eigenvalue weighted by atomic mass is 10.0. The van der Waals surface area contributed by atoms with E-state index < -0.39 is 5.60 Å². The second-order valence-electron chi connectivity index (χ2n) is 4.43. The lowest BCUT2D eigenvalue weighted by molar-refractivity contribution is 0.00814. The van der Waals surface area contributed by atoms with Crippen LogP contribution in [0.5, 0.6) is 0 Å². The van der Waals surface area contributed by atoms with E-state index in [1.807, 2.05) is 7.05 Å². The molecule has 0 heterocycles. The van der Waals surface area contributed by atoms with Crippen LogP contribution in [0.25, 0.3) is 0 Å². The lowest BCUT2D eigenvalue weighted by Gasteiger charge is -2.31. The maximum Gasteiger partial charge on any atom is 0.0774 e. The summed E-state index contributed by atoms with van der Waals surface area (Å²) in [6.07, 6.45) is 4.24. The minimum absolute atomic E-state index is 0.365. The Kier molecular flexibility index (Phi) is 3.71. The van der Waals surface area contributed by atoms with Gasteiger partial charge in [0.15, 0.2) is 0 Å². The molecule has 3 nitrogen and oxygen atoms in total. The van der Waals surface area contributed by atoms with Crippen LogP contribution in [0.3, 0.4) is 0 Å². The zero-order valence-electron chi connectivity index (χ0n) is 8.79. The van der Waals surface area contributed by atoms with Gasteiger partial charge in [-0.1, -0.05) is 12.8 Å². The first-order valence-electron chi connectivity index (χ1n) is 5.20. The van der Waals surface area contributed by atoms with Crippen LogP contribution in [0.1, 0.15) is 32.6 Å². The van der Waals surface area contributed by atoms with Crippen molar-refractivity contribution in [2.45, 2.75) is 44.2 Å². The molecule has 0 aromatic carbocycles. The van der Waals surface area contributed by atoms with Crippen molar-refractivity contribution in [1.82, 2.24) is 4.90 Å². The number of aliphatic hydroxyl groups is 1. The van der Waals surface area contributed by atoms with E-state index in [0.29, 0.717) is 12.6 Å². The molecular formula is C10H22N2O. The third kappa shape index (κ3) is 2.93. The molecule has 0 spiro atoms. The summed E-state index contributed by atoms with van der Waals surface area (Å²) < 4.78 is 0. The third-order valence-electron chi connectivity index (χ3n) is 3.17. The highest BCUT2D eigenvalue weighted by atomic mass is 16.3. The van der Waals surface area contributed by atoms with Gasteiger partial charge in [-0.15, -0.1) is 0 Å². The van der Waals surface area contributed by atoms with Gasteiger partial charge in [0, 0.05) is 19.1 Å². The fourth-order valence-corrected chi connectivity index (χ4v) is 1.99. The lowest BCUT2D eigenvalue weighted by Crippen LogP contribution is -2.45. The summed E-state index contributed by atoms with van der Waals surface area (Å²) in [5.41, 5.74) is 5.13. The van der Waals surface area contributed by atoms with Crippen molar-refractivity contribution in [3.8, 4) is 0 Å². The summed E-state index contributed by atoms with van der Waals surface area (Å²) >= 11 is 0. The highest BCUT2D eigenvalue weighted by Gasteiger charge is 2.32. The van der Waals surface area contributed by atoms with Crippen molar-refractivity contribution >= 4 is 0 Å². The highest BCUT2D eigenvalue weighted by molar-refractivity contribution is 4.87. The van der Waals surface area contributed by atoms with Crippen molar-refractivity contribution in [2.24, 2.45) is 5.73 Å². The molecule has 78 valence electrons. The molecule has 1 atom stereocenters. The molecule has 0 amide bonds. The zero-order chi connectivity index (χ0) is 9.90. The van der Waals surface area contributed by atoms with Crippen LogP contribution >= 0.6 is 0 Å². The molecule has 13 heavy (non-hydrogen) atoms. The third-order valence-corrected chi connectivity index (χ3v) is 3.17. The molecule has 1 aliphatic carbocycles. The molecule has 1 aliphatic rings. The van der Waals surface area contributed by atoms with Gasteiger partial charge in [-0.25, -0.2) is 0 Å². The molecule has 0 aromatic rings. The van der Waals surface area contributed by atoms with Crippen LogP contribution in [0.15, 0.2) is 0 Å². The maximum absolute atomic E-state index is 10.1. The van der Waals surface area contributed by atoms with Crippen molar-refractivity contribution in [2.75, 3.05) is 20.1 Å². The molecule has 0 saturated heterocycles. The van der Waals surface area contributed by atoms with Gasteiger partial charge in [0.25, 0.3) is 0 Å². The largest absolute Gasteiger partial charge is 0.389 e. The van der Waals surface area contributed by atoms with Gasteiger partial charge < -0.3 is 10.8 Å². The smallest absolute Gasteiger partial charge is 0.0774 e. The minimum atomic E-state index is -0.432. The summed E-state index contributed by atoms with van der Waals surface area (Å²) in [6.45, 7) is 3.52. The van der Waals surface area contributed by atoms with Gasteiger partial charge in [0.1, 0.15) is 0 Å². The normalized spacial score (nSPS) is 23.8. The monoisotopic (exact) mass is 186 g/mol. The molecule has 1 saturated carbocycles. The summed E-state index contributed by atoms with van der Waals surface area (Å²) in [5, 5.41) is 10.1. The molecule has 3 heteroatoms. The number of hydrogen-bond donors (Lipinski definition) is 2. The zero-order valence-corrected chi connectivity index (χ0v) is 8.79. The summed E-state index contributed by atoms with van der Waals surface area (Å²) in [5.74, 6) is 0. The van der Waals surface area contributed by atoms with Gasteiger partial charge in [-0.2, -0.15) is 0 Å². The van der Waals surface area contributed by atoms with E-state index in [4.69, 9.17) is 5.73 Å². The van der Waals surface area contributed by atoms with E-state index in [2.05, 4.69) is 11.8 Å². The van der Waals surface area contributed by atoms with Crippen molar-refractivity contribution < 1.29 is 5.11 Å². The molecule has 3 N–H and O–H groups in total. The molecular weight excluding hydrogens is 164 g/mol. The average Bonchev–Trinajstić information content (AvgIpc) is 2.50. The Morgan fingerprint density at radius 1 is 1.46 bits per heavy atom. The van der Waals surface area contributed by atoms with Crippen molar-refractivity contribution in [1.29, 1.82) is 0 Å². The molecule has 0 radical (unpaired) electrons. The quantitative estimate of drug-likeness (QED) is 0.675. The van der Waals surface area contributed by atoms with Crippen LogP contribution in [-0.2, 0) is 0 Å². The second-order valence-corrected chi connectivity index (χ2v) is 4.43. The van der Waals surface area contributed by atoms with Crippen LogP contribution in [0, 0.1) is 0 Å². The Labute approximate surface area is 80.9 Å². The molecule has 0 aromatic heterocycles. The summed E-state index contributed by atoms with van der Waals surface area (Å²) in [6, 6.07) is 0.365. The molecule has 1 fully saturated rings. The number of hydrogen-bond acceptors (Lipinski definition) is 3. The summed E-state index contributed by atoms with van der Waals surface area (Å²) in [7, 11) is 2.04. The van der Waals surface area contributed by atoms with E-state index in [-0.39, 0.29) is 0 Å². The Balaban J connectivity index is 2.38. The standard InChI is InChI=1S/C10H22N2O/c1-9(7-11)12(2)8-10(13)5-3-4-6-10/h9,13H,3-8,11H2,1-2H3. The van der Waals surface area contributed by atoms with Crippen LogP contribution in [-0.4, -0.2) is 41.8 Å². The van der Waals surface area contributed by atoms with E-state index in [1.54, 1.807) is 0 Å². The Morgan fingerprint density at radius 3 is 2.46 bits per heavy atom. The Morgan fingerprint density at radius 2 is 2.00 bits per heavy atom. The van der Waals surface area contributed by atoms with E-state index in [9.17, 15) is 5.11 Å². The van der Waals surface area contributed by atoms with Crippen LogP contribution in [0.4, 0.5) is 0 Å². The van der Waals surface area contributed by atoms with E-state index in [0.717, 1.165) is 19.4 Å². The molecule has 1 unspecified atom stereocenters. The highest BCUT2D eigenvalue weighted by Crippen LogP contribution is 2.30. The fourth-order valence-electron chi connectivity index (χ4n) is 1.99. The number of rotatable bonds is 4. The molecule has 1 rings (SSSR count). The van der Waals surface area contributed by atoms with Gasteiger partial charge >= 0.3 is 0 Å². The van der Waals surface area contributed by atoms with E-state index >= 15 is 0 Å². The second kappa shape index (κ2) is 4.40. The first kappa shape index (κ1) is 11.0. The predicted octanol–water partition coefficient (Wildman–Crippen LogP) is 0.570. The SMILES string of the molecule is CC(CN)N(C)CC1(O)CCCC1. The van der Waals surface area contributed by atoms with Gasteiger partial charge in [-0.3, -0.25) is 4.90 Å². The maximum atomic E-state index is 10.1. The molecule has 0 aliphatic heterocycles. The Hall–Kier alpha value is -0.120. The topological polar surface area (TPSA) is 49.5 Å². The van der Waals surface area contributed by atoms with E-state index in [1.165, 1.54) is 12.8 Å². The first-order chi connectivity index (χ1) is 6.07. The van der Waals surface area contributed by atoms with Gasteiger partial charge in [0.2, 0.25) is 0 Å². The number of likely N-dealkylation sites (N-methyl/N-ethyl adjacent to an activating group) is 1. The average molecular weight is 186 g/mol. The minimum Gasteiger partial charge on any atom is -0.389 e. The Bertz CT molecular complexity index is 155. The van der Waals surface area contributed by atoms with Gasteiger partial charge in [-0.05, 0) is 26.8 Å². The predicted molar refractivity (Wildman–Crippen MR) is 54.6 cm³/mol. The van der Waals surface area contributed by atoms with Crippen molar-refractivity contribution in [3.05, 3.63) is 0 Å². The molecule has 0 bridgehead atoms. The fraction of sp³-hybridized carbons (Fsp3) is 1.00. The van der Waals surface area contributed by atoms with Gasteiger partial charge in [0.05, 0.1) is 5.60 Å². The summed E-state index contributed by atoms with van der Waals surface area (Å²) in [4.78, 5) is 2.16. The van der Waals surface area contributed by atoms with Crippen LogP contribution < -0.4 is 5.73 Å².